The van der Waals surface area contributed by atoms with Crippen LogP contribution in [0.4, 0.5) is 8.78 Å². The average Bonchev–Trinajstić information content (AvgIpc) is 2.16. The molecule has 0 radical (unpaired) electrons. The van der Waals surface area contributed by atoms with Gasteiger partial charge in [-0.2, -0.15) is 0 Å². The summed E-state index contributed by atoms with van der Waals surface area (Å²) in [5.74, 6) is -1.36. The zero-order valence-electron chi connectivity index (χ0n) is 9.46. The van der Waals surface area contributed by atoms with Crippen molar-refractivity contribution in [1.29, 1.82) is 0 Å². The first-order valence-corrected chi connectivity index (χ1v) is 5.13. The average molecular weight is 230 g/mol. The van der Waals surface area contributed by atoms with Crippen molar-refractivity contribution >= 4 is 0 Å². The Hall–Kier alpha value is -1.00. The van der Waals surface area contributed by atoms with Gasteiger partial charge in [0.15, 0.2) is 0 Å². The van der Waals surface area contributed by atoms with Crippen molar-refractivity contribution in [2.45, 2.75) is 25.4 Å². The molecule has 0 aromatic heterocycles. The molecule has 0 saturated heterocycles. The second-order valence-corrected chi connectivity index (χ2v) is 4.03. The molecule has 1 aromatic rings. The van der Waals surface area contributed by atoms with Crippen molar-refractivity contribution < 1.29 is 18.6 Å². The number of rotatable bonds is 5. The summed E-state index contributed by atoms with van der Waals surface area (Å²) >= 11 is 0. The van der Waals surface area contributed by atoms with Gasteiger partial charge in [-0.15, -0.1) is 0 Å². The van der Waals surface area contributed by atoms with E-state index in [9.17, 15) is 13.9 Å². The Morgan fingerprint density at radius 3 is 2.31 bits per heavy atom. The normalized spacial score (nSPS) is 14.8. The molecule has 90 valence electrons. The fraction of sp³-hybridized carbons (Fsp3) is 0.500. The summed E-state index contributed by atoms with van der Waals surface area (Å²) in [5.41, 5.74) is -0.984. The van der Waals surface area contributed by atoms with Crippen LogP contribution in [0, 0.1) is 11.6 Å². The monoisotopic (exact) mass is 230 g/mol. The van der Waals surface area contributed by atoms with E-state index in [-0.39, 0.29) is 5.56 Å². The van der Waals surface area contributed by atoms with Crippen molar-refractivity contribution in [3.8, 4) is 0 Å². The number of methoxy groups -OCH3 is 1. The smallest absolute Gasteiger partial charge is 0.126 e. The molecule has 1 atom stereocenters. The van der Waals surface area contributed by atoms with Crippen molar-refractivity contribution in [2.24, 2.45) is 0 Å². The summed E-state index contributed by atoms with van der Waals surface area (Å²) in [7, 11) is 1.57. The Balaban J connectivity index is 2.80. The lowest BCUT2D eigenvalue weighted by Crippen LogP contribution is -2.22. The van der Waals surface area contributed by atoms with Gasteiger partial charge in [0.25, 0.3) is 0 Å². The summed E-state index contributed by atoms with van der Waals surface area (Å²) in [6, 6.07) is 3.08. The molecule has 0 saturated carbocycles. The molecule has 16 heavy (non-hydrogen) atoms. The predicted octanol–water partition coefficient (Wildman–Crippen LogP) is 2.60. The van der Waals surface area contributed by atoms with E-state index >= 15 is 0 Å². The topological polar surface area (TPSA) is 29.5 Å². The standard InChI is InChI=1S/C12H16F2O2/c1-12(15,4-3-5-16-2)9-6-10(13)8-11(14)7-9/h6-8,15H,3-5H2,1-2H3. The fourth-order valence-corrected chi connectivity index (χ4v) is 1.57. The summed E-state index contributed by atoms with van der Waals surface area (Å²) < 4.78 is 30.8. The third-order valence-electron chi connectivity index (χ3n) is 2.50. The molecule has 0 spiro atoms. The highest BCUT2D eigenvalue weighted by Gasteiger charge is 2.23. The first-order valence-electron chi connectivity index (χ1n) is 5.13. The van der Waals surface area contributed by atoms with Crippen LogP contribution in [-0.4, -0.2) is 18.8 Å². The minimum atomic E-state index is -1.23. The molecular formula is C12H16F2O2. The van der Waals surface area contributed by atoms with Crippen LogP contribution in [0.25, 0.3) is 0 Å². The maximum atomic E-state index is 13.0. The van der Waals surface area contributed by atoms with Crippen LogP contribution in [0.3, 0.4) is 0 Å². The molecule has 1 rings (SSSR count). The van der Waals surface area contributed by atoms with Crippen LogP contribution >= 0.6 is 0 Å². The minimum Gasteiger partial charge on any atom is -0.385 e. The molecule has 0 fully saturated rings. The van der Waals surface area contributed by atoms with Crippen LogP contribution in [0.5, 0.6) is 0 Å². The van der Waals surface area contributed by atoms with E-state index in [0.717, 1.165) is 18.2 Å². The third-order valence-corrected chi connectivity index (χ3v) is 2.50. The quantitative estimate of drug-likeness (QED) is 0.788. The molecule has 0 aliphatic heterocycles. The lowest BCUT2D eigenvalue weighted by atomic mass is 9.91. The highest BCUT2D eigenvalue weighted by Crippen LogP contribution is 2.27. The molecule has 2 nitrogen and oxygen atoms in total. The maximum Gasteiger partial charge on any atom is 0.126 e. The van der Waals surface area contributed by atoms with Gasteiger partial charge in [0.05, 0.1) is 5.60 Å². The zero-order chi connectivity index (χ0) is 12.2. The number of aliphatic hydroxyl groups is 1. The van der Waals surface area contributed by atoms with Crippen molar-refractivity contribution in [1.82, 2.24) is 0 Å². The number of halogens is 2. The Morgan fingerprint density at radius 2 is 1.81 bits per heavy atom. The molecule has 0 aliphatic rings. The van der Waals surface area contributed by atoms with Gasteiger partial charge < -0.3 is 9.84 Å². The van der Waals surface area contributed by atoms with Gasteiger partial charge in [0, 0.05) is 19.8 Å². The van der Waals surface area contributed by atoms with E-state index in [1.54, 1.807) is 7.11 Å². The van der Waals surface area contributed by atoms with Gasteiger partial charge in [0.2, 0.25) is 0 Å². The predicted molar refractivity (Wildman–Crippen MR) is 57.0 cm³/mol. The van der Waals surface area contributed by atoms with E-state index in [0.29, 0.717) is 19.4 Å². The van der Waals surface area contributed by atoms with E-state index < -0.39 is 17.2 Å². The molecule has 0 amide bonds. The summed E-state index contributed by atoms with van der Waals surface area (Å²) in [5, 5.41) is 10.1. The third kappa shape index (κ3) is 3.54. The second-order valence-electron chi connectivity index (χ2n) is 4.03. The lowest BCUT2D eigenvalue weighted by molar-refractivity contribution is 0.0367. The first kappa shape index (κ1) is 13.1. The van der Waals surface area contributed by atoms with Gasteiger partial charge in [-0.1, -0.05) is 0 Å². The number of hydrogen-bond acceptors (Lipinski definition) is 2. The van der Waals surface area contributed by atoms with E-state index in [2.05, 4.69) is 0 Å². The Bertz CT molecular complexity index is 331. The Labute approximate surface area is 93.9 Å². The van der Waals surface area contributed by atoms with Crippen LogP contribution < -0.4 is 0 Å². The first-order chi connectivity index (χ1) is 7.45. The van der Waals surface area contributed by atoms with E-state index in [1.807, 2.05) is 0 Å². The van der Waals surface area contributed by atoms with Gasteiger partial charge in [-0.3, -0.25) is 0 Å². The highest BCUT2D eigenvalue weighted by atomic mass is 19.1. The van der Waals surface area contributed by atoms with Crippen LogP contribution in [0.1, 0.15) is 25.3 Å². The molecule has 0 bridgehead atoms. The van der Waals surface area contributed by atoms with Gasteiger partial charge in [-0.05, 0) is 37.5 Å². The van der Waals surface area contributed by atoms with E-state index in [4.69, 9.17) is 4.74 Å². The molecule has 4 heteroatoms. The van der Waals surface area contributed by atoms with Gasteiger partial charge in [0.1, 0.15) is 11.6 Å². The van der Waals surface area contributed by atoms with Crippen LogP contribution in [0.2, 0.25) is 0 Å². The summed E-state index contributed by atoms with van der Waals surface area (Å²) in [4.78, 5) is 0. The molecule has 0 heterocycles. The number of benzene rings is 1. The Morgan fingerprint density at radius 1 is 1.25 bits per heavy atom. The van der Waals surface area contributed by atoms with E-state index in [1.165, 1.54) is 6.92 Å². The fourth-order valence-electron chi connectivity index (χ4n) is 1.57. The Kier molecular flexibility index (Phi) is 4.38. The van der Waals surface area contributed by atoms with Crippen molar-refractivity contribution in [3.63, 3.8) is 0 Å². The van der Waals surface area contributed by atoms with Crippen LogP contribution in [0.15, 0.2) is 18.2 Å². The van der Waals surface area contributed by atoms with Gasteiger partial charge in [-0.25, -0.2) is 8.78 Å². The SMILES string of the molecule is COCCCC(C)(O)c1cc(F)cc(F)c1. The number of ether oxygens (including phenoxy) is 1. The minimum absolute atomic E-state index is 0.251. The number of hydrogen-bond donors (Lipinski definition) is 1. The summed E-state index contributed by atoms with van der Waals surface area (Å²) in [6.45, 7) is 2.05. The molecule has 1 N–H and O–H groups in total. The van der Waals surface area contributed by atoms with Crippen LogP contribution in [-0.2, 0) is 10.3 Å². The molecule has 1 aromatic carbocycles. The van der Waals surface area contributed by atoms with Crippen molar-refractivity contribution in [2.75, 3.05) is 13.7 Å². The molecular weight excluding hydrogens is 214 g/mol. The molecule has 1 unspecified atom stereocenters. The van der Waals surface area contributed by atoms with Gasteiger partial charge >= 0.3 is 0 Å². The summed E-state index contributed by atoms with van der Waals surface area (Å²) in [6.07, 6.45) is 1.02. The molecule has 0 aliphatic carbocycles. The maximum absolute atomic E-state index is 13.0. The largest absolute Gasteiger partial charge is 0.385 e. The second kappa shape index (κ2) is 5.37. The van der Waals surface area contributed by atoms with Crippen molar-refractivity contribution in [3.05, 3.63) is 35.4 Å². The highest BCUT2D eigenvalue weighted by molar-refractivity contribution is 5.23. The lowest BCUT2D eigenvalue weighted by Gasteiger charge is -2.23. The zero-order valence-corrected chi connectivity index (χ0v) is 9.46.